The first-order chi connectivity index (χ1) is 17.3. The number of hydrogen-bond donors (Lipinski definition) is 2. The number of carbonyl (C=O) groups excluding carboxylic acids is 1. The number of sulfonamides is 1. The average molecular weight is 521 g/mol. The van der Waals surface area contributed by atoms with Crippen LogP contribution in [0.15, 0.2) is 108 Å². The summed E-state index contributed by atoms with van der Waals surface area (Å²) >= 11 is 6.09. The topological polar surface area (TPSA) is 84.5 Å². The number of carbonyl (C=O) groups is 1. The Bertz CT molecular complexity index is 1390. The summed E-state index contributed by atoms with van der Waals surface area (Å²) in [5, 5.41) is 3.48. The Kier molecular flexibility index (Phi) is 7.93. The molecule has 6 nitrogen and oxygen atoms in total. The van der Waals surface area contributed by atoms with Gasteiger partial charge < -0.3 is 10.1 Å². The number of ether oxygens (including phenoxy) is 1. The van der Waals surface area contributed by atoms with Gasteiger partial charge in [0.05, 0.1) is 16.6 Å². The molecule has 4 aromatic carbocycles. The third-order valence-corrected chi connectivity index (χ3v) is 7.30. The maximum absolute atomic E-state index is 12.7. The molecule has 4 rings (SSSR count). The summed E-state index contributed by atoms with van der Waals surface area (Å²) in [4.78, 5) is 12.8. The Morgan fingerprint density at radius 2 is 1.44 bits per heavy atom. The van der Waals surface area contributed by atoms with Crippen LogP contribution in [0.4, 0.5) is 5.69 Å². The molecule has 0 unspecified atom stereocenters. The lowest BCUT2D eigenvalue weighted by atomic mass is 9.99. The van der Waals surface area contributed by atoms with Gasteiger partial charge in [-0.1, -0.05) is 78.3 Å². The van der Waals surface area contributed by atoms with Crippen molar-refractivity contribution in [2.45, 2.75) is 17.9 Å². The zero-order valence-corrected chi connectivity index (χ0v) is 21.1. The molecule has 0 bridgehead atoms. The van der Waals surface area contributed by atoms with E-state index in [1.807, 2.05) is 67.6 Å². The summed E-state index contributed by atoms with van der Waals surface area (Å²) in [6.07, 6.45) is 0. The second kappa shape index (κ2) is 11.3. The van der Waals surface area contributed by atoms with Gasteiger partial charge in [0, 0.05) is 5.02 Å². The van der Waals surface area contributed by atoms with E-state index in [0.717, 1.165) is 16.7 Å². The van der Waals surface area contributed by atoms with Crippen LogP contribution in [0.2, 0.25) is 5.02 Å². The molecular weight excluding hydrogens is 496 g/mol. The minimum Gasteiger partial charge on any atom is -0.484 e. The molecule has 0 aromatic heterocycles. The van der Waals surface area contributed by atoms with Crippen molar-refractivity contribution in [3.8, 4) is 5.75 Å². The van der Waals surface area contributed by atoms with E-state index in [9.17, 15) is 13.2 Å². The van der Waals surface area contributed by atoms with Gasteiger partial charge in [-0.15, -0.1) is 0 Å². The Morgan fingerprint density at radius 1 is 0.861 bits per heavy atom. The van der Waals surface area contributed by atoms with Crippen molar-refractivity contribution >= 4 is 33.2 Å². The minimum absolute atomic E-state index is 0.0595. The SMILES string of the molecule is Cc1ccc(NS(=O)(=O)c2ccc(OCC(=O)NC(c3ccccc3)c3ccccc3)cc2)cc1Cl. The molecule has 0 radical (unpaired) electrons. The van der Waals surface area contributed by atoms with Crippen LogP contribution in [0.5, 0.6) is 5.75 Å². The summed E-state index contributed by atoms with van der Waals surface area (Å²) in [6, 6.07) is 29.8. The van der Waals surface area contributed by atoms with E-state index in [1.54, 1.807) is 18.2 Å². The summed E-state index contributed by atoms with van der Waals surface area (Å²) in [5.74, 6) is 0.0702. The Hall–Kier alpha value is -3.81. The van der Waals surface area contributed by atoms with Crippen molar-refractivity contribution in [2.24, 2.45) is 0 Å². The molecule has 0 saturated carbocycles. The van der Waals surface area contributed by atoms with E-state index < -0.39 is 10.0 Å². The molecule has 0 aliphatic rings. The largest absolute Gasteiger partial charge is 0.484 e. The summed E-state index contributed by atoms with van der Waals surface area (Å²) < 4.78 is 33.5. The van der Waals surface area contributed by atoms with Gasteiger partial charge in [-0.2, -0.15) is 0 Å². The van der Waals surface area contributed by atoms with Crippen LogP contribution in [0.25, 0.3) is 0 Å². The van der Waals surface area contributed by atoms with Crippen molar-refractivity contribution in [3.63, 3.8) is 0 Å². The van der Waals surface area contributed by atoms with Crippen LogP contribution in [0.3, 0.4) is 0 Å². The molecule has 36 heavy (non-hydrogen) atoms. The molecule has 0 fully saturated rings. The fourth-order valence-electron chi connectivity index (χ4n) is 3.59. The lowest BCUT2D eigenvalue weighted by Gasteiger charge is -2.20. The van der Waals surface area contributed by atoms with Gasteiger partial charge in [-0.3, -0.25) is 9.52 Å². The third-order valence-electron chi connectivity index (χ3n) is 5.50. The van der Waals surface area contributed by atoms with Gasteiger partial charge >= 0.3 is 0 Å². The number of rotatable bonds is 9. The number of hydrogen-bond acceptors (Lipinski definition) is 4. The zero-order valence-electron chi connectivity index (χ0n) is 19.5. The highest BCUT2D eigenvalue weighted by Gasteiger charge is 2.18. The van der Waals surface area contributed by atoms with E-state index in [2.05, 4.69) is 10.0 Å². The molecular formula is C28H25ClN2O4S. The normalized spacial score (nSPS) is 11.2. The van der Waals surface area contributed by atoms with Gasteiger partial charge in [0.15, 0.2) is 6.61 Å². The molecule has 0 atom stereocenters. The first-order valence-electron chi connectivity index (χ1n) is 11.2. The smallest absolute Gasteiger partial charge is 0.261 e. The highest BCUT2D eigenvalue weighted by atomic mass is 35.5. The van der Waals surface area contributed by atoms with Crippen LogP contribution >= 0.6 is 11.6 Å². The predicted octanol–water partition coefficient (Wildman–Crippen LogP) is 5.73. The number of halogens is 1. The monoisotopic (exact) mass is 520 g/mol. The average Bonchev–Trinajstić information content (AvgIpc) is 2.89. The van der Waals surface area contributed by atoms with E-state index in [4.69, 9.17) is 16.3 Å². The molecule has 4 aromatic rings. The van der Waals surface area contributed by atoms with Crippen LogP contribution in [0.1, 0.15) is 22.7 Å². The summed E-state index contributed by atoms with van der Waals surface area (Å²) in [6.45, 7) is 1.62. The van der Waals surface area contributed by atoms with Gasteiger partial charge in [0.1, 0.15) is 5.75 Å². The highest BCUT2D eigenvalue weighted by Crippen LogP contribution is 2.24. The number of aryl methyl sites for hydroxylation is 1. The number of amides is 1. The van der Waals surface area contributed by atoms with E-state index in [1.165, 1.54) is 24.3 Å². The molecule has 1 amide bonds. The number of anilines is 1. The van der Waals surface area contributed by atoms with Crippen molar-refractivity contribution in [1.82, 2.24) is 5.32 Å². The molecule has 8 heteroatoms. The Labute approximate surface area is 216 Å². The fraction of sp³-hybridized carbons (Fsp3) is 0.107. The van der Waals surface area contributed by atoms with Gasteiger partial charge in [-0.25, -0.2) is 8.42 Å². The van der Waals surface area contributed by atoms with Crippen LogP contribution < -0.4 is 14.8 Å². The van der Waals surface area contributed by atoms with Gasteiger partial charge in [-0.05, 0) is 60.0 Å². The zero-order chi connectivity index (χ0) is 25.5. The summed E-state index contributed by atoms with van der Waals surface area (Å²) in [5.41, 5.74) is 3.13. The minimum atomic E-state index is -3.81. The van der Waals surface area contributed by atoms with Crippen LogP contribution in [-0.2, 0) is 14.8 Å². The van der Waals surface area contributed by atoms with E-state index >= 15 is 0 Å². The molecule has 2 N–H and O–H groups in total. The van der Waals surface area contributed by atoms with Crippen molar-refractivity contribution < 1.29 is 17.9 Å². The fourth-order valence-corrected chi connectivity index (χ4v) is 4.82. The molecule has 0 spiro atoms. The lowest BCUT2D eigenvalue weighted by molar-refractivity contribution is -0.123. The Morgan fingerprint density at radius 3 is 2.00 bits per heavy atom. The predicted molar refractivity (Wildman–Crippen MR) is 142 cm³/mol. The van der Waals surface area contributed by atoms with Crippen molar-refractivity contribution in [1.29, 1.82) is 0 Å². The van der Waals surface area contributed by atoms with E-state index in [-0.39, 0.29) is 23.5 Å². The van der Waals surface area contributed by atoms with E-state index in [0.29, 0.717) is 16.5 Å². The van der Waals surface area contributed by atoms with Crippen molar-refractivity contribution in [2.75, 3.05) is 11.3 Å². The molecule has 0 saturated heterocycles. The maximum atomic E-state index is 12.7. The molecule has 0 heterocycles. The molecule has 184 valence electrons. The first-order valence-corrected chi connectivity index (χ1v) is 13.1. The second-order valence-corrected chi connectivity index (χ2v) is 10.2. The first kappa shape index (κ1) is 25.3. The third kappa shape index (κ3) is 6.44. The standard InChI is InChI=1S/C28H25ClN2O4S/c1-20-12-13-23(18-26(20)29)31-36(33,34)25-16-14-24(15-17-25)35-19-27(32)30-28(21-8-4-2-5-9-21)22-10-6-3-7-11-22/h2-18,28,31H,19H2,1H3,(H,30,32). The van der Waals surface area contributed by atoms with Crippen LogP contribution in [-0.4, -0.2) is 20.9 Å². The lowest BCUT2D eigenvalue weighted by Crippen LogP contribution is -2.33. The van der Waals surface area contributed by atoms with Crippen LogP contribution in [0, 0.1) is 6.92 Å². The maximum Gasteiger partial charge on any atom is 0.261 e. The second-order valence-electron chi connectivity index (χ2n) is 8.15. The molecule has 0 aliphatic heterocycles. The highest BCUT2D eigenvalue weighted by molar-refractivity contribution is 7.92. The Balaban J connectivity index is 1.39. The number of benzene rings is 4. The molecule has 0 aliphatic carbocycles. The van der Waals surface area contributed by atoms with Gasteiger partial charge in [0.2, 0.25) is 0 Å². The van der Waals surface area contributed by atoms with Crippen molar-refractivity contribution in [3.05, 3.63) is 125 Å². The number of nitrogens with one attached hydrogen (secondary N) is 2. The summed E-state index contributed by atoms with van der Waals surface area (Å²) in [7, 11) is -3.81. The van der Waals surface area contributed by atoms with Gasteiger partial charge in [0.25, 0.3) is 15.9 Å². The quantitative estimate of drug-likeness (QED) is 0.295.